The van der Waals surface area contributed by atoms with E-state index in [1.807, 2.05) is 0 Å². The zero-order chi connectivity index (χ0) is 14.5. The maximum atomic E-state index is 11.9. The number of halogens is 3. The van der Waals surface area contributed by atoms with Crippen LogP contribution in [0.5, 0.6) is 0 Å². The van der Waals surface area contributed by atoms with Crippen LogP contribution in [0, 0.1) is 0 Å². The van der Waals surface area contributed by atoms with Gasteiger partial charge < -0.3 is 15.5 Å². The third-order valence-corrected chi connectivity index (χ3v) is 3.24. The van der Waals surface area contributed by atoms with Crippen LogP contribution in [0.3, 0.4) is 0 Å². The standard InChI is InChI=1S/C12H22F3N3O/c1-9(2)18-5-3-10(4-6-18)17-11(19)7-16-8-12(13,14)15/h9-10,16H,3-8H2,1-2H3,(H,17,19). The number of nitrogens with zero attached hydrogens (tertiary/aromatic N) is 1. The van der Waals surface area contributed by atoms with Crippen LogP contribution in [0.25, 0.3) is 0 Å². The molecule has 1 fully saturated rings. The summed E-state index contributed by atoms with van der Waals surface area (Å²) in [5.74, 6) is -0.368. The van der Waals surface area contributed by atoms with Gasteiger partial charge in [0.2, 0.25) is 5.91 Å². The van der Waals surface area contributed by atoms with Crippen molar-refractivity contribution < 1.29 is 18.0 Å². The predicted molar refractivity (Wildman–Crippen MR) is 66.8 cm³/mol. The summed E-state index contributed by atoms with van der Waals surface area (Å²) in [5.41, 5.74) is 0. The normalized spacial score (nSPS) is 18.8. The van der Waals surface area contributed by atoms with Gasteiger partial charge in [0.25, 0.3) is 0 Å². The lowest BCUT2D eigenvalue weighted by molar-refractivity contribution is -0.128. The lowest BCUT2D eigenvalue weighted by Crippen LogP contribution is -2.48. The van der Waals surface area contributed by atoms with Crippen LogP contribution in [0.1, 0.15) is 26.7 Å². The van der Waals surface area contributed by atoms with Gasteiger partial charge in [-0.2, -0.15) is 13.2 Å². The minimum Gasteiger partial charge on any atom is -0.352 e. The first-order valence-electron chi connectivity index (χ1n) is 6.59. The fourth-order valence-corrected chi connectivity index (χ4v) is 2.16. The van der Waals surface area contributed by atoms with Crippen LogP contribution >= 0.6 is 0 Å². The second-order valence-corrected chi connectivity index (χ2v) is 5.19. The van der Waals surface area contributed by atoms with Gasteiger partial charge in [0, 0.05) is 25.2 Å². The molecule has 1 rings (SSSR count). The first-order chi connectivity index (χ1) is 8.78. The van der Waals surface area contributed by atoms with Crippen molar-refractivity contribution in [3.05, 3.63) is 0 Å². The molecule has 1 aliphatic heterocycles. The molecule has 112 valence electrons. The molecular formula is C12H22F3N3O. The number of rotatable bonds is 5. The van der Waals surface area contributed by atoms with E-state index < -0.39 is 12.7 Å². The molecule has 1 amide bonds. The molecule has 1 saturated heterocycles. The first-order valence-corrected chi connectivity index (χ1v) is 6.59. The van der Waals surface area contributed by atoms with E-state index in [0.29, 0.717) is 6.04 Å². The van der Waals surface area contributed by atoms with E-state index in [-0.39, 0.29) is 18.5 Å². The van der Waals surface area contributed by atoms with Gasteiger partial charge in [-0.1, -0.05) is 0 Å². The summed E-state index contributed by atoms with van der Waals surface area (Å²) in [5, 5.41) is 4.86. The average molecular weight is 281 g/mol. The summed E-state index contributed by atoms with van der Waals surface area (Å²) in [6.07, 6.45) is -2.57. The van der Waals surface area contributed by atoms with Crippen LogP contribution in [-0.4, -0.2) is 55.2 Å². The molecule has 0 spiro atoms. The van der Waals surface area contributed by atoms with E-state index in [1.54, 1.807) is 0 Å². The molecule has 1 aliphatic rings. The number of nitrogens with one attached hydrogen (secondary N) is 2. The van der Waals surface area contributed by atoms with Gasteiger partial charge in [0.1, 0.15) is 0 Å². The minimum absolute atomic E-state index is 0.0789. The summed E-state index contributed by atoms with van der Waals surface area (Å²) in [6.45, 7) is 4.66. The number of hydrogen-bond acceptors (Lipinski definition) is 3. The topological polar surface area (TPSA) is 44.4 Å². The largest absolute Gasteiger partial charge is 0.401 e. The molecule has 0 bridgehead atoms. The van der Waals surface area contributed by atoms with Gasteiger partial charge in [-0.15, -0.1) is 0 Å². The van der Waals surface area contributed by atoms with Gasteiger partial charge in [-0.3, -0.25) is 4.79 Å². The van der Waals surface area contributed by atoms with E-state index >= 15 is 0 Å². The Bertz CT molecular complexity index is 286. The third-order valence-electron chi connectivity index (χ3n) is 3.24. The Morgan fingerprint density at radius 3 is 2.37 bits per heavy atom. The third kappa shape index (κ3) is 6.77. The SMILES string of the molecule is CC(C)N1CCC(NC(=O)CNCC(F)(F)F)CC1. The first kappa shape index (κ1) is 16.2. The maximum absolute atomic E-state index is 11.9. The molecule has 0 radical (unpaired) electrons. The Hall–Kier alpha value is -0.820. The number of piperidine rings is 1. The van der Waals surface area contributed by atoms with Crippen molar-refractivity contribution in [3.63, 3.8) is 0 Å². The molecule has 0 atom stereocenters. The fraction of sp³-hybridized carbons (Fsp3) is 0.917. The molecule has 0 aromatic heterocycles. The summed E-state index contributed by atoms with van der Waals surface area (Å²) >= 11 is 0. The summed E-state index contributed by atoms with van der Waals surface area (Å²) in [7, 11) is 0. The van der Waals surface area contributed by atoms with Crippen molar-refractivity contribution in [2.75, 3.05) is 26.2 Å². The average Bonchev–Trinajstić information content (AvgIpc) is 2.27. The molecule has 0 aromatic carbocycles. The zero-order valence-corrected chi connectivity index (χ0v) is 11.4. The minimum atomic E-state index is -4.27. The number of alkyl halides is 3. The van der Waals surface area contributed by atoms with Crippen molar-refractivity contribution in [1.29, 1.82) is 0 Å². The van der Waals surface area contributed by atoms with Crippen LogP contribution in [0.4, 0.5) is 13.2 Å². The van der Waals surface area contributed by atoms with Crippen molar-refractivity contribution in [2.24, 2.45) is 0 Å². The molecule has 2 N–H and O–H groups in total. The second kappa shape index (κ2) is 7.09. The smallest absolute Gasteiger partial charge is 0.352 e. The van der Waals surface area contributed by atoms with E-state index in [4.69, 9.17) is 0 Å². The fourth-order valence-electron chi connectivity index (χ4n) is 2.16. The molecule has 0 saturated carbocycles. The van der Waals surface area contributed by atoms with Gasteiger partial charge in [-0.25, -0.2) is 0 Å². The number of amides is 1. The quantitative estimate of drug-likeness (QED) is 0.794. The number of carbonyl (C=O) groups excluding carboxylic acids is 1. The van der Waals surface area contributed by atoms with E-state index in [9.17, 15) is 18.0 Å². The zero-order valence-electron chi connectivity index (χ0n) is 11.4. The summed E-state index contributed by atoms with van der Waals surface area (Å²) in [6, 6.07) is 0.570. The Kier molecular flexibility index (Phi) is 6.06. The van der Waals surface area contributed by atoms with Gasteiger partial charge in [0.05, 0.1) is 13.1 Å². The van der Waals surface area contributed by atoms with E-state index in [1.165, 1.54) is 0 Å². The predicted octanol–water partition coefficient (Wildman–Crippen LogP) is 1.13. The highest BCUT2D eigenvalue weighted by Crippen LogP contribution is 2.13. The van der Waals surface area contributed by atoms with Crippen molar-refractivity contribution in [2.45, 2.75) is 44.9 Å². The highest BCUT2D eigenvalue weighted by molar-refractivity contribution is 5.78. The molecule has 7 heteroatoms. The maximum Gasteiger partial charge on any atom is 0.401 e. The molecule has 1 heterocycles. The van der Waals surface area contributed by atoms with Crippen molar-refractivity contribution in [1.82, 2.24) is 15.5 Å². The molecule has 4 nitrogen and oxygen atoms in total. The molecule has 0 aromatic rings. The van der Waals surface area contributed by atoms with Gasteiger partial charge >= 0.3 is 6.18 Å². The summed E-state index contributed by atoms with van der Waals surface area (Å²) < 4.78 is 35.7. The monoisotopic (exact) mass is 281 g/mol. The number of carbonyl (C=O) groups is 1. The molecule has 0 unspecified atom stereocenters. The Morgan fingerprint density at radius 1 is 1.32 bits per heavy atom. The molecule has 19 heavy (non-hydrogen) atoms. The molecular weight excluding hydrogens is 259 g/mol. The highest BCUT2D eigenvalue weighted by atomic mass is 19.4. The van der Waals surface area contributed by atoms with Crippen molar-refractivity contribution in [3.8, 4) is 0 Å². The van der Waals surface area contributed by atoms with Crippen molar-refractivity contribution >= 4 is 5.91 Å². The van der Waals surface area contributed by atoms with E-state index in [0.717, 1.165) is 25.9 Å². The van der Waals surface area contributed by atoms with Gasteiger partial charge in [-0.05, 0) is 26.7 Å². The highest BCUT2D eigenvalue weighted by Gasteiger charge is 2.27. The van der Waals surface area contributed by atoms with Crippen LogP contribution in [-0.2, 0) is 4.79 Å². The Morgan fingerprint density at radius 2 is 1.89 bits per heavy atom. The van der Waals surface area contributed by atoms with Crippen LogP contribution in [0.2, 0.25) is 0 Å². The Labute approximate surface area is 111 Å². The van der Waals surface area contributed by atoms with Crippen LogP contribution in [0.15, 0.2) is 0 Å². The summed E-state index contributed by atoms with van der Waals surface area (Å²) in [4.78, 5) is 13.8. The number of likely N-dealkylation sites (tertiary alicyclic amines) is 1. The van der Waals surface area contributed by atoms with Gasteiger partial charge in [0.15, 0.2) is 0 Å². The van der Waals surface area contributed by atoms with Crippen LogP contribution < -0.4 is 10.6 Å². The second-order valence-electron chi connectivity index (χ2n) is 5.19. The lowest BCUT2D eigenvalue weighted by Gasteiger charge is -2.34. The number of hydrogen-bond donors (Lipinski definition) is 2. The Balaban J connectivity index is 2.17. The lowest BCUT2D eigenvalue weighted by atomic mass is 10.0. The molecule has 0 aliphatic carbocycles. The van der Waals surface area contributed by atoms with E-state index in [2.05, 4.69) is 29.4 Å².